The Bertz CT molecular complexity index is 606. The van der Waals surface area contributed by atoms with E-state index in [1.54, 1.807) is 31.2 Å². The van der Waals surface area contributed by atoms with Crippen molar-refractivity contribution in [1.82, 2.24) is 0 Å². The van der Waals surface area contributed by atoms with Gasteiger partial charge in [-0.1, -0.05) is 13.0 Å². The van der Waals surface area contributed by atoms with Gasteiger partial charge in [-0.05, 0) is 42.0 Å². The zero-order valence-electron chi connectivity index (χ0n) is 11.0. The summed E-state index contributed by atoms with van der Waals surface area (Å²) >= 11 is 0. The lowest BCUT2D eigenvalue weighted by molar-refractivity contribution is 0.0988. The van der Waals surface area contributed by atoms with Gasteiger partial charge in [-0.2, -0.15) is 0 Å². The molecule has 20 heavy (non-hydrogen) atoms. The first-order chi connectivity index (χ1) is 9.60. The van der Waals surface area contributed by atoms with Gasteiger partial charge in [0.25, 0.3) is 0 Å². The lowest BCUT2D eigenvalue weighted by Gasteiger charge is -2.07. The normalized spacial score (nSPS) is 10.3. The number of Topliss-reactive ketones (excluding diaryl/α,β-unsaturated/α-hetero) is 1. The number of carbonyl (C=O) groups is 1. The molecule has 0 saturated heterocycles. The SMILES string of the molecule is CCC(=O)c1ccc(OCc2ccc(F)c(F)c2)cc1. The maximum Gasteiger partial charge on any atom is 0.162 e. The molecule has 0 aliphatic carbocycles. The first kappa shape index (κ1) is 14.2. The molecule has 0 aromatic heterocycles. The summed E-state index contributed by atoms with van der Waals surface area (Å²) in [5.74, 6) is -1.13. The van der Waals surface area contributed by atoms with Crippen LogP contribution in [0.5, 0.6) is 5.75 Å². The molecule has 0 fully saturated rings. The van der Waals surface area contributed by atoms with E-state index in [4.69, 9.17) is 4.74 Å². The van der Waals surface area contributed by atoms with Gasteiger partial charge in [0, 0.05) is 12.0 Å². The fraction of sp³-hybridized carbons (Fsp3) is 0.188. The van der Waals surface area contributed by atoms with Crippen molar-refractivity contribution in [2.24, 2.45) is 0 Å². The standard InChI is InChI=1S/C16H14F2O2/c1-2-16(19)12-4-6-13(7-5-12)20-10-11-3-8-14(17)15(18)9-11/h3-9H,2,10H2,1H3. The van der Waals surface area contributed by atoms with Crippen molar-refractivity contribution in [3.63, 3.8) is 0 Å². The first-order valence-corrected chi connectivity index (χ1v) is 6.30. The molecule has 0 saturated carbocycles. The highest BCUT2D eigenvalue weighted by molar-refractivity contribution is 5.95. The Morgan fingerprint density at radius 3 is 2.35 bits per heavy atom. The van der Waals surface area contributed by atoms with E-state index in [1.807, 2.05) is 0 Å². The third kappa shape index (κ3) is 3.41. The van der Waals surface area contributed by atoms with Crippen molar-refractivity contribution in [2.45, 2.75) is 20.0 Å². The molecule has 0 spiro atoms. The van der Waals surface area contributed by atoms with Crippen LogP contribution < -0.4 is 4.74 Å². The van der Waals surface area contributed by atoms with E-state index >= 15 is 0 Å². The number of ether oxygens (including phenoxy) is 1. The molecule has 0 aliphatic rings. The summed E-state index contributed by atoms with van der Waals surface area (Å²) in [5, 5.41) is 0. The molecule has 2 aromatic carbocycles. The predicted octanol–water partition coefficient (Wildman–Crippen LogP) is 4.14. The van der Waals surface area contributed by atoms with Crippen LogP contribution in [0.15, 0.2) is 42.5 Å². The van der Waals surface area contributed by atoms with Crippen molar-refractivity contribution in [3.05, 3.63) is 65.2 Å². The minimum absolute atomic E-state index is 0.0668. The number of hydrogen-bond donors (Lipinski definition) is 0. The van der Waals surface area contributed by atoms with Gasteiger partial charge in [-0.25, -0.2) is 8.78 Å². The zero-order valence-corrected chi connectivity index (χ0v) is 11.0. The Morgan fingerprint density at radius 2 is 1.75 bits per heavy atom. The fourth-order valence-corrected chi connectivity index (χ4v) is 1.74. The van der Waals surface area contributed by atoms with Crippen LogP contribution in [0.25, 0.3) is 0 Å². The van der Waals surface area contributed by atoms with Crippen molar-refractivity contribution in [2.75, 3.05) is 0 Å². The number of benzene rings is 2. The number of ketones is 1. The molecule has 0 aliphatic heterocycles. The molecular weight excluding hydrogens is 262 g/mol. The van der Waals surface area contributed by atoms with Gasteiger partial charge in [-0.15, -0.1) is 0 Å². The summed E-state index contributed by atoms with van der Waals surface area (Å²) in [4.78, 5) is 11.5. The number of rotatable bonds is 5. The molecule has 0 radical (unpaired) electrons. The quantitative estimate of drug-likeness (QED) is 0.767. The highest BCUT2D eigenvalue weighted by Gasteiger charge is 2.05. The summed E-state index contributed by atoms with van der Waals surface area (Å²) in [6.07, 6.45) is 0.453. The molecule has 0 amide bonds. The van der Waals surface area contributed by atoms with Crippen LogP contribution in [0, 0.1) is 11.6 Å². The second-order valence-corrected chi connectivity index (χ2v) is 4.34. The monoisotopic (exact) mass is 276 g/mol. The minimum atomic E-state index is -0.894. The van der Waals surface area contributed by atoms with E-state index < -0.39 is 11.6 Å². The van der Waals surface area contributed by atoms with Crippen LogP contribution in [0.1, 0.15) is 29.3 Å². The predicted molar refractivity (Wildman–Crippen MR) is 71.8 cm³/mol. The molecular formula is C16H14F2O2. The van der Waals surface area contributed by atoms with Crippen LogP contribution in [0.3, 0.4) is 0 Å². The molecule has 2 aromatic rings. The van der Waals surface area contributed by atoms with Gasteiger partial charge in [-0.3, -0.25) is 4.79 Å². The van der Waals surface area contributed by atoms with E-state index in [0.29, 0.717) is 23.3 Å². The topological polar surface area (TPSA) is 26.3 Å². The summed E-state index contributed by atoms with van der Waals surface area (Å²) in [5.41, 5.74) is 1.17. The van der Waals surface area contributed by atoms with Crippen molar-refractivity contribution >= 4 is 5.78 Å². The van der Waals surface area contributed by atoms with E-state index in [0.717, 1.165) is 12.1 Å². The highest BCUT2D eigenvalue weighted by atomic mass is 19.2. The van der Waals surface area contributed by atoms with E-state index in [-0.39, 0.29) is 12.4 Å². The number of halogens is 2. The lowest BCUT2D eigenvalue weighted by atomic mass is 10.1. The Hall–Kier alpha value is -2.23. The number of carbonyl (C=O) groups excluding carboxylic acids is 1. The lowest BCUT2D eigenvalue weighted by Crippen LogP contribution is -1.99. The molecule has 0 atom stereocenters. The molecule has 0 heterocycles. The van der Waals surface area contributed by atoms with Gasteiger partial charge in [0.2, 0.25) is 0 Å². The third-order valence-electron chi connectivity index (χ3n) is 2.89. The summed E-state index contributed by atoms with van der Waals surface area (Å²) in [6.45, 7) is 1.94. The van der Waals surface area contributed by atoms with Crippen LogP contribution >= 0.6 is 0 Å². The Balaban J connectivity index is 2.00. The van der Waals surface area contributed by atoms with E-state index in [9.17, 15) is 13.6 Å². The average Bonchev–Trinajstić information content (AvgIpc) is 2.48. The van der Waals surface area contributed by atoms with Gasteiger partial charge >= 0.3 is 0 Å². The van der Waals surface area contributed by atoms with Gasteiger partial charge in [0.1, 0.15) is 12.4 Å². The van der Waals surface area contributed by atoms with Gasteiger partial charge in [0.15, 0.2) is 17.4 Å². The Kier molecular flexibility index (Phi) is 4.45. The smallest absolute Gasteiger partial charge is 0.162 e. The van der Waals surface area contributed by atoms with Crippen molar-refractivity contribution in [1.29, 1.82) is 0 Å². The Labute approximate surface area is 116 Å². The van der Waals surface area contributed by atoms with Gasteiger partial charge < -0.3 is 4.74 Å². The highest BCUT2D eigenvalue weighted by Crippen LogP contribution is 2.16. The fourth-order valence-electron chi connectivity index (χ4n) is 1.74. The largest absolute Gasteiger partial charge is 0.489 e. The average molecular weight is 276 g/mol. The molecule has 2 rings (SSSR count). The second kappa shape index (κ2) is 6.28. The molecule has 4 heteroatoms. The molecule has 0 unspecified atom stereocenters. The van der Waals surface area contributed by atoms with Crippen LogP contribution in [0.2, 0.25) is 0 Å². The molecule has 0 N–H and O–H groups in total. The van der Waals surface area contributed by atoms with Crippen molar-refractivity contribution < 1.29 is 18.3 Å². The number of hydrogen-bond acceptors (Lipinski definition) is 2. The molecule has 2 nitrogen and oxygen atoms in total. The van der Waals surface area contributed by atoms with Crippen molar-refractivity contribution in [3.8, 4) is 5.75 Å². The minimum Gasteiger partial charge on any atom is -0.489 e. The van der Waals surface area contributed by atoms with Crippen LogP contribution in [-0.2, 0) is 6.61 Å². The van der Waals surface area contributed by atoms with Crippen LogP contribution in [-0.4, -0.2) is 5.78 Å². The van der Waals surface area contributed by atoms with Crippen LogP contribution in [0.4, 0.5) is 8.78 Å². The maximum absolute atomic E-state index is 13.0. The zero-order chi connectivity index (χ0) is 14.5. The molecule has 0 bridgehead atoms. The summed E-state index contributed by atoms with van der Waals surface area (Å²) in [7, 11) is 0. The van der Waals surface area contributed by atoms with Gasteiger partial charge in [0.05, 0.1) is 0 Å². The summed E-state index contributed by atoms with van der Waals surface area (Å²) < 4.78 is 31.2. The Morgan fingerprint density at radius 1 is 1.05 bits per heavy atom. The van der Waals surface area contributed by atoms with E-state index in [1.165, 1.54) is 6.07 Å². The first-order valence-electron chi connectivity index (χ1n) is 6.30. The maximum atomic E-state index is 13.0. The second-order valence-electron chi connectivity index (χ2n) is 4.34. The summed E-state index contributed by atoms with van der Waals surface area (Å²) in [6, 6.07) is 10.4. The molecule has 104 valence electrons. The third-order valence-corrected chi connectivity index (χ3v) is 2.89. The van der Waals surface area contributed by atoms with E-state index in [2.05, 4.69) is 0 Å².